The van der Waals surface area contributed by atoms with E-state index in [4.69, 9.17) is 4.74 Å². The van der Waals surface area contributed by atoms with Crippen LogP contribution < -0.4 is 25.4 Å². The molecule has 4 N–H and O–H groups in total. The number of carbonyl (C=O) groups is 2. The average Bonchev–Trinajstić information content (AvgIpc) is 3.12. The maximum atomic E-state index is 15.4. The average molecular weight is 813 g/mol. The molecule has 56 heavy (non-hydrogen) atoms. The lowest BCUT2D eigenvalue weighted by molar-refractivity contribution is -0.274. The lowest BCUT2D eigenvalue weighted by Gasteiger charge is -2.28. The van der Waals surface area contributed by atoms with Crippen molar-refractivity contribution in [2.24, 2.45) is 0 Å². The number of benzene rings is 4. The van der Waals surface area contributed by atoms with Crippen LogP contribution in [0.15, 0.2) is 89.8 Å². The predicted octanol–water partition coefficient (Wildman–Crippen LogP) is 7.31. The number of anilines is 1. The monoisotopic (exact) mass is 812 g/mol. The summed E-state index contributed by atoms with van der Waals surface area (Å²) in [6.07, 6.45) is -5.08. The van der Waals surface area contributed by atoms with Crippen molar-refractivity contribution < 1.29 is 58.2 Å². The van der Waals surface area contributed by atoms with Crippen LogP contribution in [0.5, 0.6) is 5.75 Å². The summed E-state index contributed by atoms with van der Waals surface area (Å²) in [4.78, 5) is 26.3. The number of halogens is 7. The van der Waals surface area contributed by atoms with Crippen molar-refractivity contribution in [2.45, 2.75) is 61.9 Å². The van der Waals surface area contributed by atoms with Gasteiger partial charge in [0.05, 0.1) is 12.0 Å². The molecule has 0 aromatic heterocycles. The van der Waals surface area contributed by atoms with Crippen molar-refractivity contribution in [1.29, 1.82) is 0 Å². The zero-order valence-corrected chi connectivity index (χ0v) is 30.9. The molecule has 0 heterocycles. The number of alkyl carbamates (subject to hydrolysis) is 1. The minimum absolute atomic E-state index is 0.0104. The van der Waals surface area contributed by atoms with Crippen LogP contribution in [0.3, 0.4) is 0 Å². The van der Waals surface area contributed by atoms with E-state index in [0.717, 1.165) is 68.1 Å². The number of amides is 2. The molecule has 3 atom stereocenters. The Kier molecular flexibility index (Phi) is 15.2. The van der Waals surface area contributed by atoms with E-state index < -0.39 is 75.4 Å². The Hall–Kier alpha value is -5.20. The molecule has 4 aromatic rings. The smallest absolute Gasteiger partial charge is 0.453 e. The number of hydrogen-bond donors (Lipinski definition) is 4. The van der Waals surface area contributed by atoms with Crippen molar-refractivity contribution in [3.8, 4) is 5.75 Å². The van der Waals surface area contributed by atoms with Gasteiger partial charge in [-0.25, -0.2) is 35.5 Å². The first-order valence-corrected chi connectivity index (χ1v) is 18.7. The van der Waals surface area contributed by atoms with E-state index in [9.17, 15) is 44.3 Å². The summed E-state index contributed by atoms with van der Waals surface area (Å²) in [6, 6.07) is 12.2. The van der Waals surface area contributed by atoms with Crippen LogP contribution in [0.25, 0.3) is 0 Å². The highest BCUT2D eigenvalue weighted by molar-refractivity contribution is 7.89. The molecule has 4 aromatic carbocycles. The lowest BCUT2D eigenvalue weighted by Crippen LogP contribution is -2.48. The van der Waals surface area contributed by atoms with E-state index in [2.05, 4.69) is 25.4 Å². The van der Waals surface area contributed by atoms with Gasteiger partial charge >= 0.3 is 12.5 Å². The van der Waals surface area contributed by atoms with Crippen molar-refractivity contribution in [2.75, 3.05) is 25.5 Å². The van der Waals surface area contributed by atoms with Crippen LogP contribution in [-0.2, 0) is 26.0 Å². The Bertz CT molecular complexity index is 2030. The molecule has 18 heteroatoms. The van der Waals surface area contributed by atoms with Crippen LogP contribution in [0.2, 0.25) is 0 Å². The number of hydrogen-bond acceptors (Lipinski definition) is 7. The third-order valence-electron chi connectivity index (χ3n) is 8.41. The standard InChI is InChI=1S/C38H39F7N4O6S/c1-3-18-46-22-28(49-56(52,53)30-16-14-29(15-17-30)55-38(43,44)45)6-4-7-31-32(42)8-5-9-33(31)47-36(50)35(48-37(51)54-2)34(23-10-12-25(39)13-11-23)24-19-26(40)21-27(41)20-24/h5,8-17,19-21,28,34-35,46,49H,3-4,6-7,18,22H2,1-2H3,(H,47,50)(H,48,51). The van der Waals surface area contributed by atoms with E-state index >= 15 is 4.39 Å². The number of ether oxygens (including phenoxy) is 2. The van der Waals surface area contributed by atoms with Gasteiger partial charge in [-0.05, 0) is 104 Å². The molecule has 2 amide bonds. The molecule has 0 saturated heterocycles. The maximum absolute atomic E-state index is 15.4. The molecular weight excluding hydrogens is 773 g/mol. The zero-order valence-electron chi connectivity index (χ0n) is 30.1. The number of alkyl halides is 3. The van der Waals surface area contributed by atoms with E-state index in [1.165, 1.54) is 24.3 Å². The topological polar surface area (TPSA) is 135 Å². The Morgan fingerprint density at radius 2 is 1.50 bits per heavy atom. The highest BCUT2D eigenvalue weighted by atomic mass is 32.2. The molecule has 0 bridgehead atoms. The van der Waals surface area contributed by atoms with E-state index in [-0.39, 0.29) is 53.1 Å². The number of rotatable bonds is 18. The van der Waals surface area contributed by atoms with Gasteiger partial charge in [0.25, 0.3) is 0 Å². The maximum Gasteiger partial charge on any atom is 0.573 e. The molecule has 0 radical (unpaired) electrons. The van der Waals surface area contributed by atoms with Crippen molar-refractivity contribution in [1.82, 2.24) is 15.4 Å². The Balaban J connectivity index is 1.58. The van der Waals surface area contributed by atoms with Crippen molar-refractivity contribution in [3.63, 3.8) is 0 Å². The Morgan fingerprint density at radius 3 is 2.11 bits per heavy atom. The van der Waals surface area contributed by atoms with Gasteiger partial charge in [0.15, 0.2) is 0 Å². The summed E-state index contributed by atoms with van der Waals surface area (Å²) in [5.74, 6) is -6.23. The van der Waals surface area contributed by atoms with Gasteiger partial charge in [-0.1, -0.05) is 25.1 Å². The van der Waals surface area contributed by atoms with Gasteiger partial charge in [0.1, 0.15) is 35.1 Å². The second kappa shape index (κ2) is 19.6. The third kappa shape index (κ3) is 12.7. The molecule has 0 spiro atoms. The van der Waals surface area contributed by atoms with Crippen molar-refractivity contribution in [3.05, 3.63) is 125 Å². The molecule has 0 fully saturated rings. The van der Waals surface area contributed by atoms with Gasteiger partial charge in [-0.3, -0.25) is 4.79 Å². The molecule has 302 valence electrons. The summed E-state index contributed by atoms with van der Waals surface area (Å²) in [7, 11) is -3.21. The van der Waals surface area contributed by atoms with Crippen LogP contribution in [0.4, 0.5) is 41.2 Å². The molecule has 0 saturated carbocycles. The van der Waals surface area contributed by atoms with Gasteiger partial charge in [0, 0.05) is 35.8 Å². The van der Waals surface area contributed by atoms with E-state index in [1.54, 1.807) is 0 Å². The molecule has 4 rings (SSSR count). The van der Waals surface area contributed by atoms with Gasteiger partial charge in [-0.2, -0.15) is 0 Å². The van der Waals surface area contributed by atoms with E-state index in [0.29, 0.717) is 12.6 Å². The van der Waals surface area contributed by atoms with Crippen LogP contribution in [-0.4, -0.2) is 59.1 Å². The van der Waals surface area contributed by atoms with Gasteiger partial charge in [0.2, 0.25) is 15.9 Å². The molecule has 0 aliphatic rings. The fourth-order valence-corrected chi connectivity index (χ4v) is 7.19. The third-order valence-corrected chi connectivity index (χ3v) is 9.95. The summed E-state index contributed by atoms with van der Waals surface area (Å²) < 4.78 is 133. The molecule has 10 nitrogen and oxygen atoms in total. The predicted molar refractivity (Wildman–Crippen MR) is 192 cm³/mol. The quantitative estimate of drug-likeness (QED) is 0.0612. The SMILES string of the molecule is CCCNCC(CCCc1c(F)cccc1NC(=O)C(NC(=O)OC)C(c1ccc(F)cc1)c1cc(F)cc(F)c1)NS(=O)(=O)c1ccc(OC(F)(F)F)cc1. The van der Waals surface area contributed by atoms with Crippen molar-refractivity contribution >= 4 is 27.7 Å². The summed E-state index contributed by atoms with van der Waals surface area (Å²) in [5.41, 5.74) is 0.0672. The summed E-state index contributed by atoms with van der Waals surface area (Å²) >= 11 is 0. The highest BCUT2D eigenvalue weighted by Gasteiger charge is 2.35. The molecule has 0 aliphatic heterocycles. The lowest BCUT2D eigenvalue weighted by atomic mass is 9.84. The van der Waals surface area contributed by atoms with Crippen LogP contribution in [0, 0.1) is 23.3 Å². The molecule has 3 unspecified atom stereocenters. The normalized spacial score (nSPS) is 13.4. The van der Waals surface area contributed by atoms with Crippen LogP contribution in [0.1, 0.15) is 48.8 Å². The first-order valence-electron chi connectivity index (χ1n) is 17.2. The first kappa shape index (κ1) is 43.5. The number of carbonyl (C=O) groups excluding carboxylic acids is 2. The van der Waals surface area contributed by atoms with Gasteiger partial charge in [-0.15, -0.1) is 13.2 Å². The number of methoxy groups -OCH3 is 1. The van der Waals surface area contributed by atoms with Gasteiger partial charge < -0.3 is 25.4 Å². The Morgan fingerprint density at radius 1 is 0.839 bits per heavy atom. The van der Waals surface area contributed by atoms with Crippen LogP contribution >= 0.6 is 0 Å². The molecular formula is C38H39F7N4O6S. The second-order valence-corrected chi connectivity index (χ2v) is 14.2. The number of nitrogens with one attached hydrogen (secondary N) is 4. The highest BCUT2D eigenvalue weighted by Crippen LogP contribution is 2.32. The minimum Gasteiger partial charge on any atom is -0.453 e. The largest absolute Gasteiger partial charge is 0.573 e. The minimum atomic E-state index is -4.97. The fraction of sp³-hybridized carbons (Fsp3) is 0.316. The summed E-state index contributed by atoms with van der Waals surface area (Å²) in [5, 5.41) is 8.06. The zero-order chi connectivity index (χ0) is 41.0. The number of sulfonamides is 1. The summed E-state index contributed by atoms with van der Waals surface area (Å²) in [6.45, 7) is 2.58. The first-order chi connectivity index (χ1) is 26.5. The van der Waals surface area contributed by atoms with E-state index in [1.807, 2.05) is 6.92 Å². The molecule has 0 aliphatic carbocycles. The fourth-order valence-electron chi connectivity index (χ4n) is 5.92. The Labute approximate surface area is 318 Å². The second-order valence-electron chi connectivity index (χ2n) is 12.5.